The van der Waals surface area contributed by atoms with E-state index in [9.17, 15) is 4.79 Å². The number of carbonyl (C=O) groups excluding carboxylic acids is 1. The highest BCUT2D eigenvalue weighted by Crippen LogP contribution is 2.09. The zero-order chi connectivity index (χ0) is 14.8. The molecular formula is C17H31NO. The summed E-state index contributed by atoms with van der Waals surface area (Å²) in [7, 11) is 0. The standard InChI is InChI=1S/C17H31NO/c1-7-9-17(19)18(15(4)5)13-12-16(6)11-8-10-14(2)3/h10,12,15H,7-9,11,13H2,1-6H3. The lowest BCUT2D eigenvalue weighted by molar-refractivity contribution is -0.132. The SMILES string of the molecule is CCCC(=O)N(CC=C(C)CCC=C(C)C)C(C)C. The molecule has 2 nitrogen and oxygen atoms in total. The molecule has 0 aliphatic carbocycles. The van der Waals surface area contributed by atoms with Gasteiger partial charge >= 0.3 is 0 Å². The molecule has 0 saturated heterocycles. The molecule has 0 fully saturated rings. The molecule has 0 aliphatic rings. The summed E-state index contributed by atoms with van der Waals surface area (Å²) in [6, 6.07) is 0.279. The van der Waals surface area contributed by atoms with Crippen LogP contribution in [0.2, 0.25) is 0 Å². The Balaban J connectivity index is 4.36. The molecule has 0 atom stereocenters. The lowest BCUT2D eigenvalue weighted by Crippen LogP contribution is -2.36. The summed E-state index contributed by atoms with van der Waals surface area (Å²) in [6.07, 6.45) is 8.22. The summed E-state index contributed by atoms with van der Waals surface area (Å²) in [5.41, 5.74) is 2.74. The Hall–Kier alpha value is -1.05. The molecule has 0 heterocycles. The second-order valence-corrected chi connectivity index (χ2v) is 5.76. The van der Waals surface area contributed by atoms with Crippen LogP contribution in [0.25, 0.3) is 0 Å². The molecule has 0 radical (unpaired) electrons. The second kappa shape index (κ2) is 9.82. The maximum atomic E-state index is 12.0. The van der Waals surface area contributed by atoms with Crippen molar-refractivity contribution in [1.29, 1.82) is 0 Å². The average molecular weight is 265 g/mol. The molecule has 0 rings (SSSR count). The number of nitrogens with zero attached hydrogens (tertiary/aromatic N) is 1. The first kappa shape index (κ1) is 17.9. The van der Waals surface area contributed by atoms with Crippen LogP contribution in [0, 0.1) is 0 Å². The molecule has 0 spiro atoms. The molecule has 110 valence electrons. The normalized spacial score (nSPS) is 11.6. The van der Waals surface area contributed by atoms with E-state index in [1.807, 2.05) is 4.90 Å². The highest BCUT2D eigenvalue weighted by Gasteiger charge is 2.14. The second-order valence-electron chi connectivity index (χ2n) is 5.76. The first-order chi connectivity index (χ1) is 8.88. The molecule has 0 aromatic rings. The lowest BCUT2D eigenvalue weighted by atomic mass is 10.1. The van der Waals surface area contributed by atoms with Crippen LogP contribution in [-0.2, 0) is 4.79 Å². The van der Waals surface area contributed by atoms with Gasteiger partial charge in [0.1, 0.15) is 0 Å². The smallest absolute Gasteiger partial charge is 0.223 e. The third-order valence-corrected chi connectivity index (χ3v) is 3.14. The summed E-state index contributed by atoms with van der Waals surface area (Å²) in [6.45, 7) is 13.4. The van der Waals surface area contributed by atoms with Crippen LogP contribution in [0.1, 0.15) is 67.2 Å². The molecular weight excluding hydrogens is 234 g/mol. The van der Waals surface area contributed by atoms with Crippen molar-refractivity contribution in [3.05, 3.63) is 23.3 Å². The molecule has 2 heteroatoms. The van der Waals surface area contributed by atoms with Crippen molar-refractivity contribution in [3.8, 4) is 0 Å². The van der Waals surface area contributed by atoms with Gasteiger partial charge in [0.25, 0.3) is 0 Å². The third kappa shape index (κ3) is 8.63. The molecule has 0 N–H and O–H groups in total. The van der Waals surface area contributed by atoms with Gasteiger partial charge in [-0.05, 0) is 53.9 Å². The van der Waals surface area contributed by atoms with E-state index < -0.39 is 0 Å². The zero-order valence-corrected chi connectivity index (χ0v) is 13.6. The van der Waals surface area contributed by atoms with Gasteiger partial charge in [-0.3, -0.25) is 4.79 Å². The van der Waals surface area contributed by atoms with Crippen LogP contribution in [-0.4, -0.2) is 23.4 Å². The highest BCUT2D eigenvalue weighted by atomic mass is 16.2. The van der Waals surface area contributed by atoms with Gasteiger partial charge in [0.2, 0.25) is 5.91 Å². The van der Waals surface area contributed by atoms with Crippen molar-refractivity contribution < 1.29 is 4.79 Å². The number of amides is 1. The molecule has 0 bridgehead atoms. The fraction of sp³-hybridized carbons (Fsp3) is 0.706. The minimum atomic E-state index is 0.269. The summed E-state index contributed by atoms with van der Waals surface area (Å²) >= 11 is 0. The van der Waals surface area contributed by atoms with Crippen molar-refractivity contribution in [2.75, 3.05) is 6.54 Å². The van der Waals surface area contributed by atoms with Gasteiger partial charge in [0.05, 0.1) is 0 Å². The lowest BCUT2D eigenvalue weighted by Gasteiger charge is -2.25. The molecule has 0 aromatic carbocycles. The molecule has 0 aromatic heterocycles. The summed E-state index contributed by atoms with van der Waals surface area (Å²) in [4.78, 5) is 14.0. The molecule has 0 aliphatic heterocycles. The summed E-state index contributed by atoms with van der Waals surface area (Å²) in [5, 5.41) is 0. The van der Waals surface area contributed by atoms with Gasteiger partial charge in [0.15, 0.2) is 0 Å². The van der Waals surface area contributed by atoms with Crippen molar-refractivity contribution >= 4 is 5.91 Å². The topological polar surface area (TPSA) is 20.3 Å². The minimum Gasteiger partial charge on any atom is -0.337 e. The first-order valence-corrected chi connectivity index (χ1v) is 7.46. The summed E-state index contributed by atoms with van der Waals surface area (Å²) < 4.78 is 0. The Morgan fingerprint density at radius 1 is 1.11 bits per heavy atom. The number of hydrogen-bond acceptors (Lipinski definition) is 1. The Labute approximate surface area is 119 Å². The number of hydrogen-bond donors (Lipinski definition) is 0. The van der Waals surface area contributed by atoms with E-state index >= 15 is 0 Å². The fourth-order valence-corrected chi connectivity index (χ4v) is 1.90. The van der Waals surface area contributed by atoms with Crippen molar-refractivity contribution in [2.24, 2.45) is 0 Å². The van der Waals surface area contributed by atoms with E-state index in [1.54, 1.807) is 0 Å². The van der Waals surface area contributed by atoms with Crippen molar-refractivity contribution in [3.63, 3.8) is 0 Å². The van der Waals surface area contributed by atoms with E-state index in [0.717, 1.165) is 25.8 Å². The van der Waals surface area contributed by atoms with Crippen LogP contribution in [0.4, 0.5) is 0 Å². The van der Waals surface area contributed by atoms with Gasteiger partial charge < -0.3 is 4.90 Å². The number of rotatable bonds is 8. The van der Waals surface area contributed by atoms with E-state index in [0.29, 0.717) is 6.42 Å². The largest absolute Gasteiger partial charge is 0.337 e. The Morgan fingerprint density at radius 2 is 1.74 bits per heavy atom. The van der Waals surface area contributed by atoms with E-state index in [2.05, 4.69) is 53.7 Å². The van der Waals surface area contributed by atoms with Gasteiger partial charge in [-0.15, -0.1) is 0 Å². The number of allylic oxidation sites excluding steroid dienone is 3. The summed E-state index contributed by atoms with van der Waals surface area (Å²) in [5.74, 6) is 0.269. The minimum absolute atomic E-state index is 0.269. The van der Waals surface area contributed by atoms with Crippen LogP contribution in [0.3, 0.4) is 0 Å². The Kier molecular flexibility index (Phi) is 9.28. The molecule has 0 unspecified atom stereocenters. The maximum absolute atomic E-state index is 12.0. The monoisotopic (exact) mass is 265 g/mol. The van der Waals surface area contributed by atoms with Crippen molar-refractivity contribution in [2.45, 2.75) is 73.3 Å². The quantitative estimate of drug-likeness (QED) is 0.582. The van der Waals surface area contributed by atoms with Gasteiger partial charge in [0, 0.05) is 19.0 Å². The number of carbonyl (C=O) groups is 1. The first-order valence-electron chi connectivity index (χ1n) is 7.46. The van der Waals surface area contributed by atoms with E-state index in [1.165, 1.54) is 11.1 Å². The van der Waals surface area contributed by atoms with Gasteiger partial charge in [-0.2, -0.15) is 0 Å². The Morgan fingerprint density at radius 3 is 2.21 bits per heavy atom. The predicted octanol–water partition coefficient (Wildman–Crippen LogP) is 4.72. The van der Waals surface area contributed by atoms with Crippen LogP contribution >= 0.6 is 0 Å². The Bertz CT molecular complexity index is 322. The fourth-order valence-electron chi connectivity index (χ4n) is 1.90. The van der Waals surface area contributed by atoms with Gasteiger partial charge in [-0.1, -0.05) is 30.2 Å². The van der Waals surface area contributed by atoms with Crippen molar-refractivity contribution in [1.82, 2.24) is 4.90 Å². The van der Waals surface area contributed by atoms with E-state index in [-0.39, 0.29) is 11.9 Å². The zero-order valence-electron chi connectivity index (χ0n) is 13.6. The third-order valence-electron chi connectivity index (χ3n) is 3.14. The molecule has 0 saturated carbocycles. The van der Waals surface area contributed by atoms with E-state index in [4.69, 9.17) is 0 Å². The van der Waals surface area contributed by atoms with Crippen LogP contribution in [0.5, 0.6) is 0 Å². The van der Waals surface area contributed by atoms with Crippen LogP contribution in [0.15, 0.2) is 23.3 Å². The predicted molar refractivity (Wildman–Crippen MR) is 84.2 cm³/mol. The highest BCUT2D eigenvalue weighted by molar-refractivity contribution is 5.76. The van der Waals surface area contributed by atoms with Crippen LogP contribution < -0.4 is 0 Å². The van der Waals surface area contributed by atoms with Gasteiger partial charge in [-0.25, -0.2) is 0 Å². The molecule has 19 heavy (non-hydrogen) atoms. The maximum Gasteiger partial charge on any atom is 0.223 e. The molecule has 1 amide bonds. The average Bonchev–Trinajstić information content (AvgIpc) is 2.28.